The van der Waals surface area contributed by atoms with Crippen molar-refractivity contribution in [1.82, 2.24) is 4.57 Å². The van der Waals surface area contributed by atoms with Gasteiger partial charge < -0.3 is 14.4 Å². The monoisotopic (exact) mass is 815 g/mol. The zero-order valence-electron chi connectivity index (χ0n) is 35.0. The van der Waals surface area contributed by atoms with E-state index in [1.54, 1.807) is 0 Å². The Morgan fingerprint density at radius 2 is 0.656 bits per heavy atom. The first-order chi connectivity index (χ1) is 31.8. The van der Waals surface area contributed by atoms with E-state index >= 15 is 0 Å². The number of anilines is 6. The number of benzene rings is 10. The van der Waals surface area contributed by atoms with Gasteiger partial charge in [-0.05, 0) is 129 Å². The molecule has 0 bridgehead atoms. The maximum Gasteiger partial charge on any atom is 0.0726 e. The summed E-state index contributed by atoms with van der Waals surface area (Å²) in [5, 5.41) is 2.46. The average molecular weight is 816 g/mol. The van der Waals surface area contributed by atoms with Gasteiger partial charge in [-0.15, -0.1) is 0 Å². The van der Waals surface area contributed by atoms with Gasteiger partial charge in [-0.2, -0.15) is 0 Å². The Kier molecular flexibility index (Phi) is 8.13. The maximum absolute atomic E-state index is 2.54. The number of hydrogen-bond acceptors (Lipinski definition) is 2. The first kappa shape index (κ1) is 36.3. The Hall–Kier alpha value is -8.40. The van der Waals surface area contributed by atoms with E-state index in [-0.39, 0.29) is 0 Å². The Balaban J connectivity index is 1.14. The molecule has 0 saturated carbocycles. The van der Waals surface area contributed by atoms with Gasteiger partial charge >= 0.3 is 0 Å². The van der Waals surface area contributed by atoms with E-state index in [0.29, 0.717) is 0 Å². The highest BCUT2D eigenvalue weighted by Gasteiger charge is 2.51. The van der Waals surface area contributed by atoms with Crippen LogP contribution in [-0.4, -0.2) is 4.57 Å². The summed E-state index contributed by atoms with van der Waals surface area (Å²) >= 11 is 0. The van der Waals surface area contributed by atoms with Crippen LogP contribution >= 0.6 is 0 Å². The molecule has 1 spiro atoms. The van der Waals surface area contributed by atoms with Crippen LogP contribution in [0.2, 0.25) is 0 Å². The standard InChI is InChI=1S/C61H41N3/c1-5-21-42(22-6-1)62(43-23-7-2-8-24-43)46-37-47(63(44-25-9-3-10-26-44)45-27-11-4-12-28-45)39-48(38-46)64-59-36-20-16-32-52(59)54-40-53-51-31-15-19-35-57(51)61(58(53)41-60(54)64)55-33-17-13-29-49(55)50-30-14-18-34-56(50)61/h1-41H. The summed E-state index contributed by atoms with van der Waals surface area (Å²) in [5.74, 6) is 0. The second-order valence-corrected chi connectivity index (χ2v) is 16.9. The van der Waals surface area contributed by atoms with Gasteiger partial charge in [0.25, 0.3) is 0 Å². The molecule has 2 aliphatic carbocycles. The second kappa shape index (κ2) is 14.3. The lowest BCUT2D eigenvalue weighted by atomic mass is 9.70. The Morgan fingerprint density at radius 1 is 0.266 bits per heavy atom. The zero-order chi connectivity index (χ0) is 42.2. The van der Waals surface area contributed by atoms with Crippen LogP contribution in [-0.2, 0) is 5.41 Å². The molecule has 0 fully saturated rings. The Labute approximate surface area is 373 Å². The highest BCUT2D eigenvalue weighted by molar-refractivity contribution is 6.12. The minimum Gasteiger partial charge on any atom is -0.310 e. The number of nitrogens with zero attached hydrogens (tertiary/aromatic N) is 3. The van der Waals surface area contributed by atoms with Crippen LogP contribution < -0.4 is 9.80 Å². The van der Waals surface area contributed by atoms with Crippen molar-refractivity contribution in [3.05, 3.63) is 271 Å². The van der Waals surface area contributed by atoms with Crippen LogP contribution in [0, 0.1) is 0 Å². The molecule has 3 heteroatoms. The van der Waals surface area contributed by atoms with Crippen LogP contribution in [0.4, 0.5) is 34.1 Å². The van der Waals surface area contributed by atoms with E-state index in [2.05, 4.69) is 263 Å². The summed E-state index contributed by atoms with van der Waals surface area (Å²) < 4.78 is 2.52. The molecule has 3 nitrogen and oxygen atoms in total. The third-order valence-electron chi connectivity index (χ3n) is 13.5. The lowest BCUT2D eigenvalue weighted by Gasteiger charge is -2.31. The first-order valence-electron chi connectivity index (χ1n) is 22.1. The molecule has 10 aromatic carbocycles. The van der Waals surface area contributed by atoms with Crippen LogP contribution in [0.5, 0.6) is 0 Å². The molecule has 64 heavy (non-hydrogen) atoms. The van der Waals surface area contributed by atoms with E-state index in [4.69, 9.17) is 0 Å². The fourth-order valence-electron chi connectivity index (χ4n) is 11.0. The number of fused-ring (bicyclic) bond motifs is 13. The molecule has 0 amide bonds. The van der Waals surface area contributed by atoms with E-state index in [1.165, 1.54) is 60.8 Å². The topological polar surface area (TPSA) is 11.4 Å². The van der Waals surface area contributed by atoms with Crippen LogP contribution in [0.15, 0.2) is 249 Å². The van der Waals surface area contributed by atoms with Gasteiger partial charge in [0, 0.05) is 33.5 Å². The SMILES string of the molecule is c1ccc(N(c2ccccc2)c2cc(N(c3ccccc3)c3ccccc3)cc(-n3c4ccccc4c4cc5c(cc43)C3(c4ccccc4-c4ccccc43)c3ccccc3-5)c2)cc1. The van der Waals surface area contributed by atoms with Crippen LogP contribution in [0.1, 0.15) is 22.3 Å². The van der Waals surface area contributed by atoms with Crippen molar-refractivity contribution >= 4 is 55.9 Å². The highest BCUT2D eigenvalue weighted by Crippen LogP contribution is 2.63. The van der Waals surface area contributed by atoms with Gasteiger partial charge in [0.15, 0.2) is 0 Å². The molecule has 0 saturated heterocycles. The van der Waals surface area contributed by atoms with Gasteiger partial charge in [0.05, 0.1) is 33.5 Å². The van der Waals surface area contributed by atoms with Crippen molar-refractivity contribution in [1.29, 1.82) is 0 Å². The van der Waals surface area contributed by atoms with Crippen LogP contribution in [0.3, 0.4) is 0 Å². The molecule has 0 aliphatic heterocycles. The van der Waals surface area contributed by atoms with E-state index in [0.717, 1.165) is 45.3 Å². The van der Waals surface area contributed by atoms with Crippen molar-refractivity contribution in [2.24, 2.45) is 0 Å². The van der Waals surface area contributed by atoms with Gasteiger partial charge in [-0.25, -0.2) is 0 Å². The summed E-state index contributed by atoms with van der Waals surface area (Å²) in [6.07, 6.45) is 0. The molecular weight excluding hydrogens is 775 g/mol. The van der Waals surface area contributed by atoms with E-state index in [9.17, 15) is 0 Å². The van der Waals surface area contributed by atoms with Gasteiger partial charge in [0.1, 0.15) is 0 Å². The summed E-state index contributed by atoms with van der Waals surface area (Å²) in [5.41, 5.74) is 20.0. The normalized spacial score (nSPS) is 12.8. The molecule has 0 unspecified atom stereocenters. The third kappa shape index (κ3) is 5.28. The number of hydrogen-bond donors (Lipinski definition) is 0. The van der Waals surface area contributed by atoms with Gasteiger partial charge in [-0.1, -0.05) is 164 Å². The van der Waals surface area contributed by atoms with Crippen molar-refractivity contribution in [3.8, 4) is 27.9 Å². The molecule has 0 N–H and O–H groups in total. The maximum atomic E-state index is 2.54. The Bertz CT molecular complexity index is 3330. The van der Waals surface area contributed by atoms with Gasteiger partial charge in [-0.3, -0.25) is 0 Å². The van der Waals surface area contributed by atoms with Gasteiger partial charge in [0.2, 0.25) is 0 Å². The smallest absolute Gasteiger partial charge is 0.0726 e. The molecule has 2 aliphatic rings. The fourth-order valence-corrected chi connectivity index (χ4v) is 11.0. The highest BCUT2D eigenvalue weighted by atomic mass is 15.2. The quantitative estimate of drug-likeness (QED) is 0.159. The number of para-hydroxylation sites is 5. The predicted octanol–water partition coefficient (Wildman–Crippen LogP) is 16.1. The summed E-state index contributed by atoms with van der Waals surface area (Å²) in [4.78, 5) is 4.76. The molecule has 300 valence electrons. The Morgan fingerprint density at radius 3 is 1.12 bits per heavy atom. The van der Waals surface area contributed by atoms with E-state index < -0.39 is 5.41 Å². The lowest BCUT2D eigenvalue weighted by Crippen LogP contribution is -2.25. The minimum atomic E-state index is -0.462. The van der Waals surface area contributed by atoms with Crippen molar-refractivity contribution in [3.63, 3.8) is 0 Å². The third-order valence-corrected chi connectivity index (χ3v) is 13.5. The first-order valence-corrected chi connectivity index (χ1v) is 22.1. The molecular formula is C61H41N3. The molecule has 1 aromatic heterocycles. The molecule has 0 radical (unpaired) electrons. The summed E-state index contributed by atoms with van der Waals surface area (Å²) in [6.45, 7) is 0. The molecule has 0 atom stereocenters. The van der Waals surface area contributed by atoms with Crippen molar-refractivity contribution in [2.75, 3.05) is 9.80 Å². The predicted molar refractivity (Wildman–Crippen MR) is 266 cm³/mol. The number of aromatic nitrogens is 1. The lowest BCUT2D eigenvalue weighted by molar-refractivity contribution is 0.794. The second-order valence-electron chi connectivity index (χ2n) is 16.9. The van der Waals surface area contributed by atoms with Crippen LogP contribution in [0.25, 0.3) is 49.7 Å². The zero-order valence-corrected chi connectivity index (χ0v) is 35.0. The van der Waals surface area contributed by atoms with E-state index in [1.807, 2.05) is 0 Å². The number of rotatable bonds is 7. The van der Waals surface area contributed by atoms with Crippen molar-refractivity contribution < 1.29 is 0 Å². The average Bonchev–Trinajstić information content (AvgIpc) is 3.96. The van der Waals surface area contributed by atoms with Crippen molar-refractivity contribution in [2.45, 2.75) is 5.41 Å². The molecule has 11 aromatic rings. The molecule has 13 rings (SSSR count). The minimum absolute atomic E-state index is 0.462. The largest absolute Gasteiger partial charge is 0.310 e. The summed E-state index contributed by atoms with van der Waals surface area (Å²) in [7, 11) is 0. The fraction of sp³-hybridized carbons (Fsp3) is 0.0164. The summed E-state index contributed by atoms with van der Waals surface area (Å²) in [6, 6.07) is 91.2. The molecule has 1 heterocycles.